The fourth-order valence-corrected chi connectivity index (χ4v) is 3.57. The molecule has 0 aromatic carbocycles. The highest BCUT2D eigenvalue weighted by Crippen LogP contribution is 2.16. The molecule has 3 heterocycles. The van der Waals surface area contributed by atoms with Crippen LogP contribution in [0.4, 0.5) is 0 Å². The van der Waals surface area contributed by atoms with Crippen LogP contribution in [0.15, 0.2) is 18.5 Å². The summed E-state index contributed by atoms with van der Waals surface area (Å²) in [6, 6.07) is 1.93. The highest BCUT2D eigenvalue weighted by atomic mass is 16.5. The summed E-state index contributed by atoms with van der Waals surface area (Å²) < 4.78 is 7.75. The summed E-state index contributed by atoms with van der Waals surface area (Å²) in [6.45, 7) is 9.41. The standard InChI is InChI=1S/C17H30N4O2/c1-15-3-7-19(8-4-15)11-16(22)12-20-9-10-23-17(13-20)14-21-6-2-5-18-21/h2,5-6,15-17,22H,3-4,7-14H2,1H3/t16-,17+/m1/s1. The Bertz CT molecular complexity index is 445. The van der Waals surface area contributed by atoms with Gasteiger partial charge in [0.15, 0.2) is 0 Å². The van der Waals surface area contributed by atoms with E-state index in [1.807, 2.05) is 16.9 Å². The molecule has 0 radical (unpaired) electrons. The molecular weight excluding hydrogens is 292 g/mol. The van der Waals surface area contributed by atoms with E-state index in [1.165, 1.54) is 12.8 Å². The van der Waals surface area contributed by atoms with Crippen LogP contribution in [0.5, 0.6) is 0 Å². The van der Waals surface area contributed by atoms with Crippen LogP contribution in [0.25, 0.3) is 0 Å². The minimum absolute atomic E-state index is 0.159. The molecule has 0 spiro atoms. The van der Waals surface area contributed by atoms with Crippen molar-refractivity contribution in [2.75, 3.05) is 45.9 Å². The zero-order valence-electron chi connectivity index (χ0n) is 14.2. The van der Waals surface area contributed by atoms with Crippen LogP contribution >= 0.6 is 0 Å². The number of aliphatic hydroxyl groups excluding tert-OH is 1. The van der Waals surface area contributed by atoms with Crippen LogP contribution in [0.3, 0.4) is 0 Å². The van der Waals surface area contributed by atoms with Gasteiger partial charge >= 0.3 is 0 Å². The third kappa shape index (κ3) is 5.28. The lowest BCUT2D eigenvalue weighted by Gasteiger charge is -2.36. The highest BCUT2D eigenvalue weighted by Gasteiger charge is 2.24. The van der Waals surface area contributed by atoms with Gasteiger partial charge in [-0.2, -0.15) is 5.10 Å². The van der Waals surface area contributed by atoms with E-state index in [2.05, 4.69) is 21.8 Å². The van der Waals surface area contributed by atoms with Gasteiger partial charge in [0.2, 0.25) is 0 Å². The Morgan fingerprint density at radius 3 is 2.74 bits per heavy atom. The quantitative estimate of drug-likeness (QED) is 0.835. The molecule has 6 heteroatoms. The molecule has 1 N–H and O–H groups in total. The summed E-state index contributed by atoms with van der Waals surface area (Å²) in [7, 11) is 0. The number of aliphatic hydroxyl groups is 1. The summed E-state index contributed by atoms with van der Waals surface area (Å²) in [4.78, 5) is 4.74. The highest BCUT2D eigenvalue weighted by molar-refractivity contribution is 4.81. The second kappa shape index (κ2) is 8.24. The van der Waals surface area contributed by atoms with Crippen molar-refractivity contribution in [3.05, 3.63) is 18.5 Å². The number of likely N-dealkylation sites (tertiary alicyclic amines) is 1. The van der Waals surface area contributed by atoms with Gasteiger partial charge in [-0.1, -0.05) is 6.92 Å². The van der Waals surface area contributed by atoms with E-state index in [9.17, 15) is 5.11 Å². The van der Waals surface area contributed by atoms with Crippen LogP contribution in [0, 0.1) is 5.92 Å². The van der Waals surface area contributed by atoms with E-state index in [1.54, 1.807) is 6.20 Å². The number of nitrogens with zero attached hydrogens (tertiary/aromatic N) is 4. The largest absolute Gasteiger partial charge is 0.390 e. The van der Waals surface area contributed by atoms with Gasteiger partial charge in [-0.25, -0.2) is 0 Å². The Balaban J connectivity index is 1.40. The van der Waals surface area contributed by atoms with Gasteiger partial charge in [0.05, 0.1) is 25.4 Å². The smallest absolute Gasteiger partial charge is 0.0898 e. The Hall–Kier alpha value is -0.950. The van der Waals surface area contributed by atoms with Crippen molar-refractivity contribution >= 4 is 0 Å². The van der Waals surface area contributed by atoms with Crippen molar-refractivity contribution < 1.29 is 9.84 Å². The van der Waals surface area contributed by atoms with Gasteiger partial charge in [-0.05, 0) is 37.9 Å². The number of β-amino-alcohol motifs (C(OH)–C–C–N with tert-alkyl or cyclic N) is 1. The van der Waals surface area contributed by atoms with Gasteiger partial charge in [0.25, 0.3) is 0 Å². The maximum absolute atomic E-state index is 10.4. The topological polar surface area (TPSA) is 53.8 Å². The van der Waals surface area contributed by atoms with Crippen LogP contribution in [0.1, 0.15) is 19.8 Å². The van der Waals surface area contributed by atoms with E-state index in [4.69, 9.17) is 4.74 Å². The summed E-state index contributed by atoms with van der Waals surface area (Å²) in [5.74, 6) is 0.839. The molecule has 0 bridgehead atoms. The van der Waals surface area contributed by atoms with Gasteiger partial charge in [0, 0.05) is 38.6 Å². The molecule has 0 aliphatic carbocycles. The predicted molar refractivity (Wildman–Crippen MR) is 89.3 cm³/mol. The Morgan fingerprint density at radius 2 is 2.00 bits per heavy atom. The van der Waals surface area contributed by atoms with Crippen molar-refractivity contribution in [3.8, 4) is 0 Å². The van der Waals surface area contributed by atoms with E-state index < -0.39 is 0 Å². The zero-order chi connectivity index (χ0) is 16.1. The summed E-state index contributed by atoms with van der Waals surface area (Å²) >= 11 is 0. The van der Waals surface area contributed by atoms with E-state index in [-0.39, 0.29) is 12.2 Å². The van der Waals surface area contributed by atoms with E-state index in [0.717, 1.165) is 58.3 Å². The first-order chi connectivity index (χ1) is 11.2. The molecule has 23 heavy (non-hydrogen) atoms. The van der Waals surface area contributed by atoms with Crippen molar-refractivity contribution in [1.29, 1.82) is 0 Å². The molecular formula is C17H30N4O2. The minimum Gasteiger partial charge on any atom is -0.390 e. The normalized spacial score (nSPS) is 26.4. The number of aromatic nitrogens is 2. The third-order valence-corrected chi connectivity index (χ3v) is 4.99. The summed E-state index contributed by atoms with van der Waals surface area (Å²) in [5.41, 5.74) is 0. The number of ether oxygens (including phenoxy) is 1. The maximum Gasteiger partial charge on any atom is 0.0898 e. The molecule has 2 fully saturated rings. The number of hydrogen-bond acceptors (Lipinski definition) is 5. The van der Waals surface area contributed by atoms with Gasteiger partial charge in [-0.15, -0.1) is 0 Å². The number of morpholine rings is 1. The fourth-order valence-electron chi connectivity index (χ4n) is 3.57. The van der Waals surface area contributed by atoms with Crippen molar-refractivity contribution in [2.45, 2.75) is 38.5 Å². The lowest BCUT2D eigenvalue weighted by atomic mass is 9.99. The number of piperidine rings is 1. The molecule has 0 unspecified atom stereocenters. The minimum atomic E-state index is -0.271. The van der Waals surface area contributed by atoms with Gasteiger partial charge < -0.3 is 14.7 Å². The zero-order valence-corrected chi connectivity index (χ0v) is 14.2. The second-order valence-corrected chi connectivity index (χ2v) is 7.12. The lowest BCUT2D eigenvalue weighted by Crippen LogP contribution is -2.49. The van der Waals surface area contributed by atoms with Gasteiger partial charge in [-0.3, -0.25) is 9.58 Å². The molecule has 1 aromatic heterocycles. The maximum atomic E-state index is 10.4. The second-order valence-electron chi connectivity index (χ2n) is 7.12. The van der Waals surface area contributed by atoms with Crippen molar-refractivity contribution in [2.24, 2.45) is 5.92 Å². The van der Waals surface area contributed by atoms with Crippen molar-refractivity contribution in [3.63, 3.8) is 0 Å². The van der Waals surface area contributed by atoms with Crippen LogP contribution in [-0.4, -0.2) is 82.8 Å². The molecule has 2 aliphatic rings. The van der Waals surface area contributed by atoms with Crippen LogP contribution in [-0.2, 0) is 11.3 Å². The molecule has 1 aromatic rings. The van der Waals surface area contributed by atoms with Gasteiger partial charge in [0.1, 0.15) is 0 Å². The molecule has 2 atom stereocenters. The predicted octanol–water partition coefficient (Wildman–Crippen LogP) is 0.677. The number of hydrogen-bond donors (Lipinski definition) is 1. The first kappa shape index (κ1) is 16.9. The van der Waals surface area contributed by atoms with Crippen molar-refractivity contribution in [1.82, 2.24) is 19.6 Å². The molecule has 3 rings (SSSR count). The lowest BCUT2D eigenvalue weighted by molar-refractivity contribution is -0.0513. The average molecular weight is 322 g/mol. The monoisotopic (exact) mass is 322 g/mol. The first-order valence-electron chi connectivity index (χ1n) is 8.91. The fraction of sp³-hybridized carbons (Fsp3) is 0.824. The first-order valence-corrected chi connectivity index (χ1v) is 8.91. The Morgan fingerprint density at radius 1 is 1.22 bits per heavy atom. The molecule has 6 nitrogen and oxygen atoms in total. The average Bonchev–Trinajstić information content (AvgIpc) is 3.03. The molecule has 2 aliphatic heterocycles. The Labute approximate surface area is 139 Å². The van der Waals surface area contributed by atoms with E-state index in [0.29, 0.717) is 0 Å². The number of rotatable bonds is 6. The van der Waals surface area contributed by atoms with E-state index >= 15 is 0 Å². The SMILES string of the molecule is CC1CCN(C[C@@H](O)CN2CCO[C@H](Cn3cccn3)C2)CC1. The van der Waals surface area contributed by atoms with Crippen LogP contribution in [0.2, 0.25) is 0 Å². The summed E-state index contributed by atoms with van der Waals surface area (Å²) in [6.07, 6.45) is 6.17. The Kier molecular flexibility index (Phi) is 6.05. The molecule has 130 valence electrons. The summed E-state index contributed by atoms with van der Waals surface area (Å²) in [5, 5.41) is 14.7. The molecule has 0 amide bonds. The third-order valence-electron chi connectivity index (χ3n) is 4.99. The molecule has 0 saturated carbocycles. The van der Waals surface area contributed by atoms with Crippen LogP contribution < -0.4 is 0 Å². The molecule has 2 saturated heterocycles.